The van der Waals surface area contributed by atoms with E-state index in [1.165, 1.54) is 0 Å². The molecule has 0 radical (unpaired) electrons. The molecular weight excluding hydrogens is 350 g/mol. The molecule has 1 heterocycles. The second kappa shape index (κ2) is 7.44. The molecule has 28 heavy (non-hydrogen) atoms. The highest BCUT2D eigenvalue weighted by Gasteiger charge is 2.34. The van der Waals surface area contributed by atoms with Crippen LogP contribution < -0.4 is 11.1 Å². The summed E-state index contributed by atoms with van der Waals surface area (Å²) in [6, 6.07) is 21.2. The number of amides is 2. The molecule has 0 aliphatic carbocycles. The van der Waals surface area contributed by atoms with Crippen molar-refractivity contribution in [3.8, 4) is 0 Å². The van der Waals surface area contributed by atoms with Crippen molar-refractivity contribution in [3.63, 3.8) is 0 Å². The van der Waals surface area contributed by atoms with Crippen LogP contribution in [0.25, 0.3) is 10.8 Å². The number of rotatable bonds is 4. The van der Waals surface area contributed by atoms with E-state index in [-0.39, 0.29) is 17.9 Å². The van der Waals surface area contributed by atoms with Crippen LogP contribution in [0, 0.1) is 0 Å². The van der Waals surface area contributed by atoms with Crippen LogP contribution in [-0.4, -0.2) is 36.9 Å². The molecule has 0 bridgehead atoms. The number of hydrogen-bond donors (Lipinski definition) is 2. The third kappa shape index (κ3) is 3.25. The second-order valence-corrected chi connectivity index (χ2v) is 7.23. The fraction of sp³-hybridized carbons (Fsp3) is 0.217. The normalized spacial score (nSPS) is 17.3. The van der Waals surface area contributed by atoms with Gasteiger partial charge < -0.3 is 16.0 Å². The van der Waals surface area contributed by atoms with Crippen LogP contribution in [0.3, 0.4) is 0 Å². The van der Waals surface area contributed by atoms with Gasteiger partial charge in [-0.25, -0.2) is 0 Å². The molecule has 2 amide bonds. The first-order valence-electron chi connectivity index (χ1n) is 9.42. The lowest BCUT2D eigenvalue weighted by atomic mass is 9.88. The largest absolute Gasteiger partial charge is 0.347 e. The van der Waals surface area contributed by atoms with Gasteiger partial charge in [0.2, 0.25) is 5.91 Å². The molecule has 5 nitrogen and oxygen atoms in total. The molecule has 3 aromatic rings. The maximum Gasteiger partial charge on any atom is 0.253 e. The minimum Gasteiger partial charge on any atom is -0.347 e. The number of hydrogen-bond acceptors (Lipinski definition) is 3. The minimum absolute atomic E-state index is 0.0513. The zero-order valence-electron chi connectivity index (χ0n) is 15.8. The van der Waals surface area contributed by atoms with Gasteiger partial charge in [-0.15, -0.1) is 0 Å². The molecule has 0 fully saturated rings. The highest BCUT2D eigenvalue weighted by molar-refractivity contribution is 6.00. The summed E-state index contributed by atoms with van der Waals surface area (Å²) < 4.78 is 0. The predicted molar refractivity (Wildman–Crippen MR) is 110 cm³/mol. The van der Waals surface area contributed by atoms with E-state index in [4.69, 9.17) is 5.73 Å². The molecule has 0 saturated carbocycles. The van der Waals surface area contributed by atoms with Crippen molar-refractivity contribution in [2.24, 2.45) is 5.73 Å². The lowest BCUT2D eigenvalue weighted by Gasteiger charge is -2.32. The Morgan fingerprint density at radius 2 is 1.82 bits per heavy atom. The Balaban J connectivity index is 1.61. The number of benzene rings is 3. The Morgan fingerprint density at radius 3 is 2.61 bits per heavy atom. The minimum atomic E-state index is -0.409. The smallest absolute Gasteiger partial charge is 0.253 e. The topological polar surface area (TPSA) is 75.4 Å². The zero-order chi connectivity index (χ0) is 19.7. The molecular formula is C23H23N3O2. The first kappa shape index (κ1) is 18.2. The van der Waals surface area contributed by atoms with Crippen LogP contribution >= 0.6 is 0 Å². The summed E-state index contributed by atoms with van der Waals surface area (Å²) >= 11 is 0. The summed E-state index contributed by atoms with van der Waals surface area (Å²) in [4.78, 5) is 27.1. The highest BCUT2D eigenvalue weighted by Crippen LogP contribution is 2.29. The van der Waals surface area contributed by atoms with Crippen LogP contribution in [0.1, 0.15) is 33.4 Å². The third-order valence-electron chi connectivity index (χ3n) is 5.41. The number of nitrogens with two attached hydrogens (primary N) is 1. The maximum atomic E-state index is 13.1. The van der Waals surface area contributed by atoms with Crippen molar-refractivity contribution in [2.75, 3.05) is 20.1 Å². The van der Waals surface area contributed by atoms with E-state index in [0.29, 0.717) is 18.7 Å². The van der Waals surface area contributed by atoms with Crippen LogP contribution in [0.15, 0.2) is 66.7 Å². The lowest BCUT2D eigenvalue weighted by Crippen LogP contribution is -2.45. The molecule has 3 N–H and O–H groups in total. The zero-order valence-corrected chi connectivity index (χ0v) is 15.8. The first-order valence-corrected chi connectivity index (χ1v) is 9.42. The van der Waals surface area contributed by atoms with Crippen LogP contribution in [0.5, 0.6) is 0 Å². The van der Waals surface area contributed by atoms with Gasteiger partial charge >= 0.3 is 0 Å². The molecule has 3 aromatic carbocycles. The summed E-state index contributed by atoms with van der Waals surface area (Å²) in [5, 5.41) is 5.35. The quantitative estimate of drug-likeness (QED) is 0.738. The van der Waals surface area contributed by atoms with E-state index in [0.717, 1.165) is 21.9 Å². The van der Waals surface area contributed by atoms with E-state index in [2.05, 4.69) is 17.4 Å². The van der Waals surface area contributed by atoms with Crippen LogP contribution in [0.2, 0.25) is 0 Å². The molecule has 2 unspecified atom stereocenters. The van der Waals surface area contributed by atoms with E-state index in [1.54, 1.807) is 18.0 Å². The van der Waals surface area contributed by atoms with Crippen molar-refractivity contribution in [3.05, 3.63) is 83.4 Å². The van der Waals surface area contributed by atoms with Crippen molar-refractivity contribution < 1.29 is 9.59 Å². The molecule has 4 rings (SSSR count). The number of likely N-dealkylation sites (N-methyl/N-ethyl adjacent to an activating group) is 1. The van der Waals surface area contributed by atoms with Crippen molar-refractivity contribution >= 4 is 22.6 Å². The Labute approximate surface area is 164 Å². The summed E-state index contributed by atoms with van der Waals surface area (Å²) in [5.41, 5.74) is 8.33. The number of fused-ring (bicyclic) bond motifs is 2. The molecule has 0 saturated heterocycles. The van der Waals surface area contributed by atoms with Gasteiger partial charge in [0.05, 0.1) is 12.0 Å². The van der Waals surface area contributed by atoms with Gasteiger partial charge in [0.25, 0.3) is 5.91 Å². The Kier molecular flexibility index (Phi) is 4.84. The summed E-state index contributed by atoms with van der Waals surface area (Å²) in [5.74, 6) is -0.576. The number of nitrogens with one attached hydrogen (secondary N) is 1. The fourth-order valence-electron chi connectivity index (χ4n) is 3.86. The van der Waals surface area contributed by atoms with Gasteiger partial charge in [-0.3, -0.25) is 9.59 Å². The van der Waals surface area contributed by atoms with Crippen molar-refractivity contribution in [1.82, 2.24) is 10.2 Å². The fourth-order valence-corrected chi connectivity index (χ4v) is 3.86. The standard InChI is InChI=1S/C23H23N3O2/c1-26-14-20(18-8-4-5-9-19(18)23(26)28)22(27)25-21(13-24)17-11-10-15-6-2-3-7-16(15)12-17/h2-12,20-21H,13-14,24H2,1H3,(H,25,27). The predicted octanol–water partition coefficient (Wildman–Crippen LogP) is 2.83. The molecule has 1 aliphatic heterocycles. The van der Waals surface area contributed by atoms with Gasteiger partial charge in [-0.05, 0) is 34.0 Å². The van der Waals surface area contributed by atoms with E-state index in [9.17, 15) is 9.59 Å². The molecule has 0 aromatic heterocycles. The average Bonchev–Trinajstić information content (AvgIpc) is 2.74. The summed E-state index contributed by atoms with van der Waals surface area (Å²) in [6.07, 6.45) is 0. The molecule has 0 spiro atoms. The molecule has 5 heteroatoms. The van der Waals surface area contributed by atoms with Crippen LogP contribution in [0.4, 0.5) is 0 Å². The van der Waals surface area contributed by atoms with Gasteiger partial charge in [-0.1, -0.05) is 54.6 Å². The van der Waals surface area contributed by atoms with Gasteiger partial charge in [0, 0.05) is 25.7 Å². The monoisotopic (exact) mass is 373 g/mol. The molecule has 1 aliphatic rings. The highest BCUT2D eigenvalue weighted by atomic mass is 16.2. The summed E-state index contributed by atoms with van der Waals surface area (Å²) in [7, 11) is 1.72. The second-order valence-electron chi connectivity index (χ2n) is 7.23. The van der Waals surface area contributed by atoms with Gasteiger partial charge in [0.1, 0.15) is 0 Å². The first-order chi connectivity index (χ1) is 13.6. The average molecular weight is 373 g/mol. The lowest BCUT2D eigenvalue weighted by molar-refractivity contribution is -0.123. The van der Waals surface area contributed by atoms with Crippen molar-refractivity contribution in [1.29, 1.82) is 0 Å². The third-order valence-corrected chi connectivity index (χ3v) is 5.41. The SMILES string of the molecule is CN1CC(C(=O)NC(CN)c2ccc3ccccc3c2)c2ccccc2C1=O. The van der Waals surface area contributed by atoms with E-state index >= 15 is 0 Å². The van der Waals surface area contributed by atoms with Crippen LogP contribution in [-0.2, 0) is 4.79 Å². The van der Waals surface area contributed by atoms with Gasteiger partial charge in [-0.2, -0.15) is 0 Å². The molecule has 142 valence electrons. The number of carbonyl (C=O) groups excluding carboxylic acids is 2. The Hall–Kier alpha value is -3.18. The molecule has 2 atom stereocenters. The Morgan fingerprint density at radius 1 is 1.11 bits per heavy atom. The van der Waals surface area contributed by atoms with Gasteiger partial charge in [0.15, 0.2) is 0 Å². The maximum absolute atomic E-state index is 13.1. The number of nitrogens with zero attached hydrogens (tertiary/aromatic N) is 1. The van der Waals surface area contributed by atoms with E-state index in [1.807, 2.05) is 48.5 Å². The summed E-state index contributed by atoms with van der Waals surface area (Å²) in [6.45, 7) is 0.657. The van der Waals surface area contributed by atoms with E-state index < -0.39 is 5.92 Å². The Bertz CT molecular complexity index is 1050. The van der Waals surface area contributed by atoms with Crippen molar-refractivity contribution in [2.45, 2.75) is 12.0 Å². The number of carbonyl (C=O) groups is 2.